The van der Waals surface area contributed by atoms with E-state index in [1.165, 1.54) is 0 Å². The zero-order valence-electron chi connectivity index (χ0n) is 21.5. The normalized spacial score (nSPS) is 10.9. The van der Waals surface area contributed by atoms with Gasteiger partial charge in [0, 0.05) is 24.7 Å². The fraction of sp³-hybridized carbons (Fsp3) is 0.393. The first-order chi connectivity index (χ1) is 16.8. The Morgan fingerprint density at radius 1 is 1.06 bits per heavy atom. The van der Waals surface area contributed by atoms with Crippen molar-refractivity contribution in [2.24, 2.45) is 5.92 Å². The van der Waals surface area contributed by atoms with Crippen LogP contribution in [-0.2, 0) is 4.79 Å². The largest absolute Gasteiger partial charge is 0.338 e. The third kappa shape index (κ3) is 7.18. The lowest BCUT2D eigenvalue weighted by Crippen LogP contribution is -2.46. The third-order valence-electron chi connectivity index (χ3n) is 5.64. The van der Waals surface area contributed by atoms with Crippen LogP contribution in [-0.4, -0.2) is 46.3 Å². The van der Waals surface area contributed by atoms with Gasteiger partial charge in [0.15, 0.2) is 0 Å². The van der Waals surface area contributed by atoms with Crippen LogP contribution in [0.5, 0.6) is 0 Å². The second-order valence-corrected chi connectivity index (χ2v) is 9.39. The molecule has 0 bridgehead atoms. The molecule has 3 aromatic rings. The molecule has 7 nitrogen and oxygen atoms in total. The molecule has 0 radical (unpaired) electrons. The van der Waals surface area contributed by atoms with Gasteiger partial charge in [0.1, 0.15) is 12.4 Å². The Hall–Kier alpha value is -3.61. The molecule has 2 aromatic carbocycles. The van der Waals surface area contributed by atoms with E-state index in [0.29, 0.717) is 18.9 Å². The molecule has 2 N–H and O–H groups in total. The van der Waals surface area contributed by atoms with Gasteiger partial charge < -0.3 is 15.5 Å². The van der Waals surface area contributed by atoms with Gasteiger partial charge in [0.25, 0.3) is 0 Å². The van der Waals surface area contributed by atoms with Gasteiger partial charge in [0.05, 0.1) is 11.4 Å². The summed E-state index contributed by atoms with van der Waals surface area (Å²) in [5.74, 6) is 0.545. The number of carbonyl (C=O) groups is 2. The van der Waals surface area contributed by atoms with Gasteiger partial charge in [-0.3, -0.25) is 4.79 Å². The van der Waals surface area contributed by atoms with Crippen LogP contribution < -0.4 is 10.6 Å². The lowest BCUT2D eigenvalue weighted by atomic mass is 10.1. The zero-order valence-corrected chi connectivity index (χ0v) is 21.5. The highest BCUT2D eigenvalue weighted by molar-refractivity contribution is 5.94. The summed E-state index contributed by atoms with van der Waals surface area (Å²) in [5, 5.41) is 10.7. The number of benzene rings is 2. The maximum Gasteiger partial charge on any atom is 0.317 e. The molecular formula is C28H37N5O2. The van der Waals surface area contributed by atoms with Gasteiger partial charge in [-0.15, -0.1) is 0 Å². The van der Waals surface area contributed by atoms with Crippen molar-refractivity contribution in [1.29, 1.82) is 0 Å². The number of aryl methyl sites for hydroxylation is 2. The summed E-state index contributed by atoms with van der Waals surface area (Å²) in [6.45, 7) is 11.3. The van der Waals surface area contributed by atoms with Crippen molar-refractivity contribution in [1.82, 2.24) is 20.0 Å². The Balaban J connectivity index is 1.87. The van der Waals surface area contributed by atoms with Gasteiger partial charge in [-0.25, -0.2) is 9.48 Å². The van der Waals surface area contributed by atoms with Crippen molar-refractivity contribution in [3.8, 4) is 16.9 Å². The average molecular weight is 476 g/mol. The standard InChI is InChI=1S/C28H37N5O2/c1-6-7-15-29-28(35)32(18-20(2)3)19-27(34)30-26-17-24(23-11-9-8-10-12-23)31-33(26)25-14-13-21(4)16-22(25)5/h8-14,16-17,20H,6-7,15,18-19H2,1-5H3,(H,29,35)(H,30,34). The molecule has 0 unspecified atom stereocenters. The van der Waals surface area contributed by atoms with Crippen molar-refractivity contribution in [3.63, 3.8) is 0 Å². The lowest BCUT2D eigenvalue weighted by molar-refractivity contribution is -0.116. The number of anilines is 1. The second kappa shape index (κ2) is 12.2. The number of nitrogens with one attached hydrogen (secondary N) is 2. The molecule has 186 valence electrons. The minimum atomic E-state index is -0.262. The van der Waals surface area contributed by atoms with E-state index < -0.39 is 0 Å². The molecule has 0 aliphatic rings. The van der Waals surface area contributed by atoms with Crippen molar-refractivity contribution < 1.29 is 9.59 Å². The fourth-order valence-corrected chi connectivity index (χ4v) is 3.95. The summed E-state index contributed by atoms with van der Waals surface area (Å²) in [6.07, 6.45) is 1.90. The first-order valence-corrected chi connectivity index (χ1v) is 12.3. The smallest absolute Gasteiger partial charge is 0.317 e. The molecule has 0 aliphatic carbocycles. The van der Waals surface area contributed by atoms with Crippen molar-refractivity contribution in [3.05, 3.63) is 65.7 Å². The highest BCUT2D eigenvalue weighted by Crippen LogP contribution is 2.26. The highest BCUT2D eigenvalue weighted by atomic mass is 16.2. The predicted octanol–water partition coefficient (Wildman–Crippen LogP) is 5.56. The number of rotatable bonds is 10. The molecule has 1 heterocycles. The zero-order chi connectivity index (χ0) is 25.4. The van der Waals surface area contributed by atoms with E-state index in [-0.39, 0.29) is 24.4 Å². The molecular weight excluding hydrogens is 438 g/mol. The molecule has 35 heavy (non-hydrogen) atoms. The van der Waals surface area contributed by atoms with Crippen molar-refractivity contribution in [2.75, 3.05) is 25.0 Å². The van der Waals surface area contributed by atoms with Crippen LogP contribution in [0.2, 0.25) is 0 Å². The summed E-state index contributed by atoms with van der Waals surface area (Å²) in [5.41, 5.74) is 4.83. The molecule has 0 saturated heterocycles. The lowest BCUT2D eigenvalue weighted by Gasteiger charge is -2.24. The van der Waals surface area contributed by atoms with Crippen LogP contribution in [0.15, 0.2) is 54.6 Å². The van der Waals surface area contributed by atoms with E-state index in [0.717, 1.165) is 40.9 Å². The van der Waals surface area contributed by atoms with E-state index in [2.05, 4.69) is 23.6 Å². The second-order valence-electron chi connectivity index (χ2n) is 9.39. The number of carbonyl (C=O) groups excluding carboxylic acids is 2. The number of aromatic nitrogens is 2. The predicted molar refractivity (Wildman–Crippen MR) is 142 cm³/mol. The minimum absolute atomic E-state index is 0.0329. The Morgan fingerprint density at radius 3 is 2.46 bits per heavy atom. The van der Waals surface area contributed by atoms with Crippen LogP contribution in [0.3, 0.4) is 0 Å². The number of hydrogen-bond acceptors (Lipinski definition) is 3. The molecule has 7 heteroatoms. The van der Waals surface area contributed by atoms with Crippen LogP contribution in [0, 0.1) is 19.8 Å². The summed E-state index contributed by atoms with van der Waals surface area (Å²) in [6, 6.07) is 17.7. The van der Waals surface area contributed by atoms with Gasteiger partial charge in [-0.2, -0.15) is 5.10 Å². The van der Waals surface area contributed by atoms with Crippen LogP contribution in [0.4, 0.5) is 10.6 Å². The average Bonchev–Trinajstić information content (AvgIpc) is 3.22. The number of hydrogen-bond donors (Lipinski definition) is 2. The van der Waals surface area contributed by atoms with Gasteiger partial charge in [0.2, 0.25) is 5.91 Å². The number of urea groups is 1. The Bertz CT molecular complexity index is 1140. The summed E-state index contributed by atoms with van der Waals surface area (Å²) < 4.78 is 1.77. The monoisotopic (exact) mass is 475 g/mol. The number of unbranched alkanes of at least 4 members (excludes halogenated alkanes) is 1. The van der Waals surface area contributed by atoms with Crippen LogP contribution in [0.25, 0.3) is 16.9 Å². The minimum Gasteiger partial charge on any atom is -0.338 e. The topological polar surface area (TPSA) is 79.3 Å². The van der Waals surface area contributed by atoms with Gasteiger partial charge in [-0.05, 0) is 37.8 Å². The quantitative estimate of drug-likeness (QED) is 0.377. The third-order valence-corrected chi connectivity index (χ3v) is 5.64. The molecule has 0 spiro atoms. The summed E-state index contributed by atoms with van der Waals surface area (Å²) >= 11 is 0. The van der Waals surface area contributed by atoms with Gasteiger partial charge >= 0.3 is 6.03 Å². The molecule has 0 fully saturated rings. The molecule has 0 aliphatic heterocycles. The first-order valence-electron chi connectivity index (χ1n) is 12.3. The maximum atomic E-state index is 13.1. The Labute approximate surface area is 208 Å². The summed E-state index contributed by atoms with van der Waals surface area (Å²) in [4.78, 5) is 27.4. The van der Waals surface area contributed by atoms with E-state index in [1.807, 2.05) is 76.2 Å². The summed E-state index contributed by atoms with van der Waals surface area (Å²) in [7, 11) is 0. The van der Waals surface area contributed by atoms with E-state index in [4.69, 9.17) is 5.10 Å². The fourth-order valence-electron chi connectivity index (χ4n) is 3.95. The van der Waals surface area contributed by atoms with E-state index in [1.54, 1.807) is 9.58 Å². The maximum absolute atomic E-state index is 13.1. The Morgan fingerprint density at radius 2 is 1.80 bits per heavy atom. The number of amides is 3. The molecule has 0 atom stereocenters. The van der Waals surface area contributed by atoms with Crippen LogP contribution >= 0.6 is 0 Å². The first kappa shape index (κ1) is 26.0. The van der Waals surface area contributed by atoms with Crippen molar-refractivity contribution in [2.45, 2.75) is 47.5 Å². The van der Waals surface area contributed by atoms with Crippen molar-refractivity contribution >= 4 is 17.8 Å². The van der Waals surface area contributed by atoms with E-state index >= 15 is 0 Å². The Kier molecular flexibility index (Phi) is 9.06. The highest BCUT2D eigenvalue weighted by Gasteiger charge is 2.20. The molecule has 1 aromatic heterocycles. The van der Waals surface area contributed by atoms with E-state index in [9.17, 15) is 9.59 Å². The number of nitrogens with zero attached hydrogens (tertiary/aromatic N) is 3. The molecule has 3 amide bonds. The van der Waals surface area contributed by atoms with Gasteiger partial charge in [-0.1, -0.05) is 75.2 Å². The molecule has 3 rings (SSSR count). The van der Waals surface area contributed by atoms with Crippen LogP contribution in [0.1, 0.15) is 44.7 Å². The SMILES string of the molecule is CCCCNC(=O)N(CC(=O)Nc1cc(-c2ccccc2)nn1-c1ccc(C)cc1C)CC(C)C. The molecule has 0 saturated carbocycles.